The quantitative estimate of drug-likeness (QED) is 0.347. The SMILES string of the molecule is CCCOc1ccc(S(=O)(=O)NC(CC)COC(C)=O)cc1-c1nc2c(CCC)nn(C)c2c(=O)[nH]1. The van der Waals surface area contributed by atoms with Crippen LogP contribution in [0.5, 0.6) is 5.75 Å². The molecule has 0 spiro atoms. The Bertz CT molecular complexity index is 1400. The van der Waals surface area contributed by atoms with Gasteiger partial charge < -0.3 is 14.5 Å². The predicted molar refractivity (Wildman–Crippen MR) is 135 cm³/mol. The van der Waals surface area contributed by atoms with E-state index in [-0.39, 0.29) is 22.9 Å². The van der Waals surface area contributed by atoms with Gasteiger partial charge in [0.25, 0.3) is 5.56 Å². The summed E-state index contributed by atoms with van der Waals surface area (Å²) in [5, 5.41) is 4.44. The van der Waals surface area contributed by atoms with E-state index in [2.05, 4.69) is 19.8 Å². The zero-order valence-electron chi connectivity index (χ0n) is 21.3. The molecule has 1 aromatic carbocycles. The van der Waals surface area contributed by atoms with Crippen LogP contribution in [-0.4, -0.2) is 53.4 Å². The minimum Gasteiger partial charge on any atom is -0.493 e. The lowest BCUT2D eigenvalue weighted by Gasteiger charge is -2.18. The van der Waals surface area contributed by atoms with Crippen LogP contribution in [0.3, 0.4) is 0 Å². The lowest BCUT2D eigenvalue weighted by molar-refractivity contribution is -0.141. The van der Waals surface area contributed by atoms with E-state index in [9.17, 15) is 18.0 Å². The van der Waals surface area contributed by atoms with E-state index in [0.29, 0.717) is 47.5 Å². The van der Waals surface area contributed by atoms with Gasteiger partial charge >= 0.3 is 5.97 Å². The molecule has 196 valence electrons. The number of aryl methyl sites for hydroxylation is 2. The van der Waals surface area contributed by atoms with Crippen LogP contribution in [0.2, 0.25) is 0 Å². The fourth-order valence-electron chi connectivity index (χ4n) is 3.72. The van der Waals surface area contributed by atoms with Gasteiger partial charge in [-0.1, -0.05) is 27.2 Å². The van der Waals surface area contributed by atoms with Gasteiger partial charge in [-0.05, 0) is 37.5 Å². The molecule has 2 heterocycles. The van der Waals surface area contributed by atoms with Crippen molar-refractivity contribution in [1.29, 1.82) is 0 Å². The van der Waals surface area contributed by atoms with Crippen molar-refractivity contribution in [3.05, 3.63) is 34.2 Å². The van der Waals surface area contributed by atoms with Crippen molar-refractivity contribution in [1.82, 2.24) is 24.5 Å². The topological polar surface area (TPSA) is 145 Å². The molecule has 0 aliphatic carbocycles. The van der Waals surface area contributed by atoms with Crippen LogP contribution in [0.15, 0.2) is 27.9 Å². The maximum atomic E-state index is 13.2. The summed E-state index contributed by atoms with van der Waals surface area (Å²) < 4.78 is 41.3. The predicted octanol–water partition coefficient (Wildman–Crippen LogP) is 2.68. The molecular formula is C24H33N5O6S. The summed E-state index contributed by atoms with van der Waals surface area (Å²) in [6.07, 6.45) is 2.63. The fraction of sp³-hybridized carbons (Fsp3) is 0.500. The van der Waals surface area contributed by atoms with Gasteiger partial charge in [-0.25, -0.2) is 18.1 Å². The largest absolute Gasteiger partial charge is 0.493 e. The molecule has 0 radical (unpaired) electrons. The molecule has 0 amide bonds. The Balaban J connectivity index is 2.11. The zero-order chi connectivity index (χ0) is 26.5. The lowest BCUT2D eigenvalue weighted by Crippen LogP contribution is -2.38. The van der Waals surface area contributed by atoms with E-state index in [1.165, 1.54) is 23.7 Å². The molecule has 1 unspecified atom stereocenters. The van der Waals surface area contributed by atoms with Gasteiger partial charge in [0.2, 0.25) is 10.0 Å². The Kier molecular flexibility index (Phi) is 8.85. The smallest absolute Gasteiger partial charge is 0.302 e. The minimum absolute atomic E-state index is 0.0367. The summed E-state index contributed by atoms with van der Waals surface area (Å²) >= 11 is 0. The maximum absolute atomic E-state index is 13.2. The Hall–Kier alpha value is -3.25. The Labute approximate surface area is 210 Å². The molecule has 0 bridgehead atoms. The summed E-state index contributed by atoms with van der Waals surface area (Å²) in [6.45, 7) is 7.34. The summed E-state index contributed by atoms with van der Waals surface area (Å²) in [5.41, 5.74) is 1.47. The highest BCUT2D eigenvalue weighted by molar-refractivity contribution is 7.89. The van der Waals surface area contributed by atoms with E-state index in [1.807, 2.05) is 13.8 Å². The number of aromatic amines is 1. The van der Waals surface area contributed by atoms with Crippen molar-refractivity contribution in [3.8, 4) is 17.1 Å². The number of ether oxygens (including phenoxy) is 2. The number of aromatic nitrogens is 4. The summed E-state index contributed by atoms with van der Waals surface area (Å²) in [5.74, 6) is 0.0924. The number of carbonyl (C=O) groups excluding carboxylic acids is 1. The average molecular weight is 520 g/mol. The van der Waals surface area contributed by atoms with Crippen LogP contribution < -0.4 is 15.0 Å². The van der Waals surface area contributed by atoms with Crippen molar-refractivity contribution < 1.29 is 22.7 Å². The van der Waals surface area contributed by atoms with Crippen molar-refractivity contribution in [2.24, 2.45) is 7.05 Å². The molecule has 36 heavy (non-hydrogen) atoms. The molecule has 0 aliphatic rings. The third-order valence-corrected chi connectivity index (χ3v) is 7.05. The first kappa shape index (κ1) is 27.3. The third kappa shape index (κ3) is 6.11. The van der Waals surface area contributed by atoms with Crippen LogP contribution >= 0.6 is 0 Å². The first-order valence-electron chi connectivity index (χ1n) is 12.0. The summed E-state index contributed by atoms with van der Waals surface area (Å²) in [7, 11) is -2.30. The number of rotatable bonds is 12. The van der Waals surface area contributed by atoms with Crippen LogP contribution in [0, 0.1) is 0 Å². The second kappa shape index (κ2) is 11.7. The molecule has 1 atom stereocenters. The molecule has 0 fully saturated rings. The molecule has 3 rings (SSSR count). The van der Waals surface area contributed by atoms with Gasteiger partial charge in [-0.15, -0.1) is 0 Å². The number of hydrogen-bond donors (Lipinski definition) is 2. The Morgan fingerprint density at radius 2 is 1.97 bits per heavy atom. The molecule has 0 saturated heterocycles. The highest BCUT2D eigenvalue weighted by atomic mass is 32.2. The highest BCUT2D eigenvalue weighted by Gasteiger charge is 2.23. The Morgan fingerprint density at radius 3 is 2.61 bits per heavy atom. The first-order valence-corrected chi connectivity index (χ1v) is 13.5. The highest BCUT2D eigenvalue weighted by Crippen LogP contribution is 2.31. The molecular weight excluding hydrogens is 486 g/mol. The maximum Gasteiger partial charge on any atom is 0.302 e. The van der Waals surface area contributed by atoms with Crippen molar-refractivity contribution >= 4 is 27.0 Å². The number of nitrogens with zero attached hydrogens (tertiary/aromatic N) is 3. The molecule has 0 saturated carbocycles. The summed E-state index contributed by atoms with van der Waals surface area (Å²) in [4.78, 5) is 31.5. The number of nitrogens with one attached hydrogen (secondary N) is 2. The van der Waals surface area contributed by atoms with E-state index >= 15 is 0 Å². The Morgan fingerprint density at radius 1 is 1.22 bits per heavy atom. The number of hydrogen-bond acceptors (Lipinski definition) is 8. The van der Waals surface area contributed by atoms with Gasteiger partial charge in [0, 0.05) is 14.0 Å². The van der Waals surface area contributed by atoms with Gasteiger partial charge in [0.1, 0.15) is 23.7 Å². The van der Waals surface area contributed by atoms with Crippen LogP contribution in [0.1, 0.15) is 52.7 Å². The standard InChI is InChI=1S/C24H33N5O6S/c1-6-9-19-21-22(29(5)27-19)24(31)26-23(25-21)18-13-17(10-11-20(18)34-12-7-2)36(32,33)28-16(8-3)14-35-15(4)30/h10-11,13,16,28H,6-9,12,14H2,1-5H3,(H,25,26,31). The monoisotopic (exact) mass is 519 g/mol. The average Bonchev–Trinajstić information content (AvgIpc) is 3.15. The zero-order valence-corrected chi connectivity index (χ0v) is 22.1. The van der Waals surface area contributed by atoms with E-state index in [0.717, 1.165) is 12.8 Å². The second-order valence-electron chi connectivity index (χ2n) is 8.47. The first-order chi connectivity index (χ1) is 17.1. The number of fused-ring (bicyclic) bond motifs is 1. The molecule has 2 N–H and O–H groups in total. The van der Waals surface area contributed by atoms with E-state index < -0.39 is 22.0 Å². The minimum atomic E-state index is -3.99. The number of esters is 1. The van der Waals surface area contributed by atoms with Crippen LogP contribution in [0.4, 0.5) is 0 Å². The molecule has 3 aromatic rings. The lowest BCUT2D eigenvalue weighted by atomic mass is 10.1. The van der Waals surface area contributed by atoms with Gasteiger partial charge in [0.15, 0.2) is 5.52 Å². The van der Waals surface area contributed by atoms with E-state index in [1.54, 1.807) is 20.0 Å². The van der Waals surface area contributed by atoms with Crippen LogP contribution in [0.25, 0.3) is 22.4 Å². The van der Waals surface area contributed by atoms with Crippen molar-refractivity contribution in [2.75, 3.05) is 13.2 Å². The van der Waals surface area contributed by atoms with Crippen molar-refractivity contribution in [3.63, 3.8) is 0 Å². The van der Waals surface area contributed by atoms with Gasteiger partial charge in [-0.2, -0.15) is 5.10 Å². The number of carbonyl (C=O) groups is 1. The molecule has 0 aliphatic heterocycles. The molecule has 2 aromatic heterocycles. The summed E-state index contributed by atoms with van der Waals surface area (Å²) in [6, 6.07) is 3.80. The number of sulfonamides is 1. The molecule has 12 heteroatoms. The number of benzene rings is 1. The van der Waals surface area contributed by atoms with E-state index in [4.69, 9.17) is 9.47 Å². The fourth-order valence-corrected chi connectivity index (χ4v) is 5.05. The molecule has 11 nitrogen and oxygen atoms in total. The second-order valence-corrected chi connectivity index (χ2v) is 10.2. The van der Waals surface area contributed by atoms with Gasteiger partial charge in [-0.3, -0.25) is 14.3 Å². The number of H-pyrrole nitrogens is 1. The normalized spacial score (nSPS) is 12.6. The van der Waals surface area contributed by atoms with Crippen LogP contribution in [-0.2, 0) is 33.0 Å². The third-order valence-electron chi connectivity index (χ3n) is 5.53. The van der Waals surface area contributed by atoms with Crippen molar-refractivity contribution in [2.45, 2.75) is 64.3 Å². The van der Waals surface area contributed by atoms with Gasteiger partial charge in [0.05, 0.1) is 28.8 Å².